The zero-order valence-electron chi connectivity index (χ0n) is 13.1. The van der Waals surface area contributed by atoms with Gasteiger partial charge in [0.2, 0.25) is 10.0 Å². The third-order valence-corrected chi connectivity index (χ3v) is 5.68. The van der Waals surface area contributed by atoms with E-state index in [4.69, 9.17) is 9.88 Å². The van der Waals surface area contributed by atoms with Gasteiger partial charge in [0.05, 0.1) is 12.7 Å². The first-order valence-corrected chi connectivity index (χ1v) is 9.15. The first-order chi connectivity index (χ1) is 10.7. The van der Waals surface area contributed by atoms with Crippen molar-refractivity contribution in [3.8, 4) is 5.75 Å². The second-order valence-electron chi connectivity index (χ2n) is 5.18. The van der Waals surface area contributed by atoms with Crippen LogP contribution in [0.1, 0.15) is 21.5 Å². The summed E-state index contributed by atoms with van der Waals surface area (Å²) < 4.78 is 27.9. The van der Waals surface area contributed by atoms with Crippen molar-refractivity contribution >= 4 is 27.3 Å². The zero-order chi connectivity index (χ0) is 17.2. The summed E-state index contributed by atoms with van der Waals surface area (Å²) in [7, 11) is -0.561. The number of sulfonamides is 1. The standard InChI is InChI=1S/C15H18N2O4S2/c1-10-4-5-13(21-3)11(6-10)8-17(2)15(18)12-7-14(22-9-12)23(16,19)20/h4-7,9H,8H2,1-3H3,(H2,16,19,20). The number of ether oxygens (including phenoxy) is 1. The smallest absolute Gasteiger partial charge is 0.254 e. The van der Waals surface area contributed by atoms with Gasteiger partial charge in [0.15, 0.2) is 0 Å². The molecule has 23 heavy (non-hydrogen) atoms. The summed E-state index contributed by atoms with van der Waals surface area (Å²) >= 11 is 0.933. The van der Waals surface area contributed by atoms with E-state index in [1.165, 1.54) is 16.3 Å². The first kappa shape index (κ1) is 17.5. The lowest BCUT2D eigenvalue weighted by Crippen LogP contribution is -2.26. The summed E-state index contributed by atoms with van der Waals surface area (Å²) in [4.78, 5) is 13.9. The lowest BCUT2D eigenvalue weighted by molar-refractivity contribution is 0.0784. The molecule has 0 radical (unpaired) electrons. The normalized spacial score (nSPS) is 11.3. The Morgan fingerprint density at radius 1 is 1.35 bits per heavy atom. The molecular weight excluding hydrogens is 336 g/mol. The molecule has 2 rings (SSSR count). The fourth-order valence-corrected chi connectivity index (χ4v) is 3.74. The molecule has 0 saturated heterocycles. The van der Waals surface area contributed by atoms with Gasteiger partial charge in [-0.2, -0.15) is 0 Å². The number of amides is 1. The number of primary sulfonamides is 1. The number of benzene rings is 1. The molecule has 1 aromatic heterocycles. The van der Waals surface area contributed by atoms with Gasteiger partial charge in [0.25, 0.3) is 5.91 Å². The van der Waals surface area contributed by atoms with Gasteiger partial charge in [-0.25, -0.2) is 13.6 Å². The number of hydrogen-bond donors (Lipinski definition) is 1. The van der Waals surface area contributed by atoms with Gasteiger partial charge in [0, 0.05) is 24.5 Å². The predicted molar refractivity (Wildman–Crippen MR) is 89.2 cm³/mol. The first-order valence-electron chi connectivity index (χ1n) is 6.72. The fourth-order valence-electron chi connectivity index (χ4n) is 2.16. The second kappa shape index (κ2) is 6.69. The van der Waals surface area contributed by atoms with E-state index in [-0.39, 0.29) is 10.1 Å². The van der Waals surface area contributed by atoms with Crippen LogP contribution in [0.3, 0.4) is 0 Å². The molecule has 0 saturated carbocycles. The number of aryl methyl sites for hydroxylation is 1. The molecule has 0 spiro atoms. The van der Waals surface area contributed by atoms with Crippen LogP contribution in [0.15, 0.2) is 33.9 Å². The van der Waals surface area contributed by atoms with Crippen molar-refractivity contribution in [3.05, 3.63) is 46.3 Å². The van der Waals surface area contributed by atoms with E-state index in [9.17, 15) is 13.2 Å². The van der Waals surface area contributed by atoms with E-state index in [1.54, 1.807) is 14.2 Å². The van der Waals surface area contributed by atoms with E-state index in [1.807, 2.05) is 25.1 Å². The quantitative estimate of drug-likeness (QED) is 0.889. The van der Waals surface area contributed by atoms with Gasteiger partial charge in [-0.15, -0.1) is 11.3 Å². The Morgan fingerprint density at radius 3 is 2.61 bits per heavy atom. The van der Waals surface area contributed by atoms with Crippen molar-refractivity contribution in [2.75, 3.05) is 14.2 Å². The Kier molecular flexibility index (Phi) is 5.08. The molecule has 0 unspecified atom stereocenters. The van der Waals surface area contributed by atoms with Crippen molar-refractivity contribution in [1.29, 1.82) is 0 Å². The number of methoxy groups -OCH3 is 1. The SMILES string of the molecule is COc1ccc(C)cc1CN(C)C(=O)c1csc(S(N)(=O)=O)c1. The van der Waals surface area contributed by atoms with Gasteiger partial charge in [-0.05, 0) is 19.1 Å². The molecule has 1 aromatic carbocycles. The summed E-state index contributed by atoms with van der Waals surface area (Å²) in [6.07, 6.45) is 0. The van der Waals surface area contributed by atoms with Gasteiger partial charge in [-0.1, -0.05) is 17.7 Å². The minimum absolute atomic E-state index is 0.0256. The molecule has 2 N–H and O–H groups in total. The van der Waals surface area contributed by atoms with Crippen molar-refractivity contribution in [2.24, 2.45) is 5.14 Å². The lowest BCUT2D eigenvalue weighted by atomic mass is 10.1. The highest BCUT2D eigenvalue weighted by atomic mass is 32.2. The van der Waals surface area contributed by atoms with Crippen LogP contribution in [0.25, 0.3) is 0 Å². The predicted octanol–water partition coefficient (Wildman–Crippen LogP) is 1.98. The Balaban J connectivity index is 2.21. The fraction of sp³-hybridized carbons (Fsp3) is 0.267. The van der Waals surface area contributed by atoms with Gasteiger partial charge in [-0.3, -0.25) is 4.79 Å². The molecule has 1 heterocycles. The molecule has 0 atom stereocenters. The highest BCUT2D eigenvalue weighted by Gasteiger charge is 2.19. The molecule has 1 amide bonds. The topological polar surface area (TPSA) is 89.7 Å². The Labute approximate surface area is 139 Å². The Bertz CT molecular complexity index is 828. The molecule has 124 valence electrons. The average molecular weight is 354 g/mol. The highest BCUT2D eigenvalue weighted by molar-refractivity contribution is 7.91. The summed E-state index contributed by atoms with van der Waals surface area (Å²) in [6.45, 7) is 2.31. The van der Waals surface area contributed by atoms with E-state index < -0.39 is 10.0 Å². The van der Waals surface area contributed by atoms with Gasteiger partial charge < -0.3 is 9.64 Å². The van der Waals surface area contributed by atoms with E-state index in [2.05, 4.69) is 0 Å². The van der Waals surface area contributed by atoms with Crippen molar-refractivity contribution < 1.29 is 17.9 Å². The molecule has 0 bridgehead atoms. The minimum atomic E-state index is -3.79. The van der Waals surface area contributed by atoms with Crippen molar-refractivity contribution in [2.45, 2.75) is 17.7 Å². The van der Waals surface area contributed by atoms with Gasteiger partial charge >= 0.3 is 0 Å². The van der Waals surface area contributed by atoms with Crippen LogP contribution in [-0.2, 0) is 16.6 Å². The van der Waals surface area contributed by atoms with Crippen LogP contribution in [0.5, 0.6) is 5.75 Å². The maximum absolute atomic E-state index is 12.4. The molecule has 0 aliphatic heterocycles. The van der Waals surface area contributed by atoms with Crippen LogP contribution in [0.4, 0.5) is 0 Å². The molecule has 8 heteroatoms. The highest BCUT2D eigenvalue weighted by Crippen LogP contribution is 2.23. The number of thiophene rings is 1. The third kappa shape index (κ3) is 4.10. The molecule has 0 fully saturated rings. The second-order valence-corrected chi connectivity index (χ2v) is 7.88. The summed E-state index contributed by atoms with van der Waals surface area (Å²) in [5.41, 5.74) is 2.24. The number of rotatable bonds is 5. The van der Waals surface area contributed by atoms with Crippen LogP contribution < -0.4 is 9.88 Å². The van der Waals surface area contributed by atoms with Crippen LogP contribution in [-0.4, -0.2) is 33.4 Å². The summed E-state index contributed by atoms with van der Waals surface area (Å²) in [5, 5.41) is 6.56. The maximum Gasteiger partial charge on any atom is 0.254 e. The number of nitrogens with zero attached hydrogens (tertiary/aromatic N) is 1. The van der Waals surface area contributed by atoms with E-state index in [0.29, 0.717) is 17.9 Å². The number of hydrogen-bond acceptors (Lipinski definition) is 5. The molecular formula is C15H18N2O4S2. The maximum atomic E-state index is 12.4. The lowest BCUT2D eigenvalue weighted by Gasteiger charge is -2.18. The van der Waals surface area contributed by atoms with E-state index >= 15 is 0 Å². The molecule has 0 aliphatic carbocycles. The summed E-state index contributed by atoms with van der Waals surface area (Å²) in [5.74, 6) is 0.422. The third-order valence-electron chi connectivity index (χ3n) is 3.29. The Morgan fingerprint density at radius 2 is 2.04 bits per heavy atom. The Hall–Kier alpha value is -1.90. The van der Waals surface area contributed by atoms with Crippen LogP contribution in [0, 0.1) is 6.92 Å². The number of carbonyl (C=O) groups excluding carboxylic acids is 1. The largest absolute Gasteiger partial charge is 0.496 e. The zero-order valence-corrected chi connectivity index (χ0v) is 14.7. The van der Waals surface area contributed by atoms with E-state index in [0.717, 1.165) is 22.5 Å². The molecule has 0 aliphatic rings. The van der Waals surface area contributed by atoms with Crippen molar-refractivity contribution in [3.63, 3.8) is 0 Å². The summed E-state index contributed by atoms with van der Waals surface area (Å²) in [6, 6.07) is 7.03. The van der Waals surface area contributed by atoms with Crippen LogP contribution in [0.2, 0.25) is 0 Å². The van der Waals surface area contributed by atoms with Crippen molar-refractivity contribution in [1.82, 2.24) is 4.90 Å². The number of nitrogens with two attached hydrogens (primary N) is 1. The minimum Gasteiger partial charge on any atom is -0.496 e. The average Bonchev–Trinajstić information content (AvgIpc) is 2.96. The molecule has 6 nitrogen and oxygen atoms in total. The molecule has 2 aromatic rings. The number of carbonyl (C=O) groups is 1. The monoisotopic (exact) mass is 354 g/mol. The van der Waals surface area contributed by atoms with Crippen LogP contribution >= 0.6 is 11.3 Å². The van der Waals surface area contributed by atoms with Gasteiger partial charge in [0.1, 0.15) is 9.96 Å².